The number of hydrogen-bond donors (Lipinski definition) is 2. The number of anilines is 1. The van der Waals surface area contributed by atoms with Crippen molar-refractivity contribution in [3.05, 3.63) is 64.5 Å². The largest absolute Gasteiger partial charge is 0.384 e. The molecule has 0 radical (unpaired) electrons. The van der Waals surface area contributed by atoms with Crippen LogP contribution >= 0.6 is 0 Å². The summed E-state index contributed by atoms with van der Waals surface area (Å²) in [7, 11) is 0. The molecule has 2 aromatic carbocycles. The lowest BCUT2D eigenvalue weighted by Gasteiger charge is -2.14. The molecule has 1 amide bonds. The van der Waals surface area contributed by atoms with E-state index >= 15 is 0 Å². The summed E-state index contributed by atoms with van der Waals surface area (Å²) in [6, 6.07) is 6.37. The highest BCUT2D eigenvalue weighted by Crippen LogP contribution is 2.31. The Bertz CT molecular complexity index is 746. The molecule has 1 unspecified atom stereocenters. The summed E-state index contributed by atoms with van der Waals surface area (Å²) in [6.07, 6.45) is -1.28. The van der Waals surface area contributed by atoms with Gasteiger partial charge in [0.1, 0.15) is 6.10 Å². The first kappa shape index (κ1) is 13.6. The van der Waals surface area contributed by atoms with Crippen LogP contribution in [-0.2, 0) is 11.2 Å². The normalized spacial score (nSPS) is 14.8. The number of fused-ring (bicyclic) bond motifs is 1. The van der Waals surface area contributed by atoms with E-state index in [4.69, 9.17) is 0 Å². The van der Waals surface area contributed by atoms with Crippen molar-refractivity contribution >= 4 is 11.6 Å². The lowest BCUT2D eigenvalue weighted by Crippen LogP contribution is -2.06. The molecule has 3 rings (SSSR count). The van der Waals surface area contributed by atoms with Crippen LogP contribution in [0.4, 0.5) is 18.9 Å². The van der Waals surface area contributed by atoms with Gasteiger partial charge in [0.05, 0.1) is 6.42 Å². The first-order valence-electron chi connectivity index (χ1n) is 6.21. The van der Waals surface area contributed by atoms with Crippen molar-refractivity contribution in [2.75, 3.05) is 5.32 Å². The third-order valence-electron chi connectivity index (χ3n) is 3.43. The first-order valence-corrected chi connectivity index (χ1v) is 6.21. The topological polar surface area (TPSA) is 49.3 Å². The van der Waals surface area contributed by atoms with Crippen molar-refractivity contribution in [3.8, 4) is 0 Å². The molecule has 2 aromatic rings. The molecule has 1 atom stereocenters. The SMILES string of the molecule is O=C1Cc2cc(C(O)c3ccc(F)c(F)c3F)ccc2N1. The fourth-order valence-electron chi connectivity index (χ4n) is 2.35. The number of nitrogens with one attached hydrogen (secondary N) is 1. The summed E-state index contributed by atoms with van der Waals surface area (Å²) in [6.45, 7) is 0. The van der Waals surface area contributed by atoms with E-state index in [2.05, 4.69) is 5.32 Å². The highest BCUT2D eigenvalue weighted by atomic mass is 19.2. The van der Waals surface area contributed by atoms with Crippen LogP contribution in [0.25, 0.3) is 0 Å². The molecule has 0 bridgehead atoms. The van der Waals surface area contributed by atoms with Crippen LogP contribution in [0.1, 0.15) is 22.8 Å². The maximum atomic E-state index is 13.7. The van der Waals surface area contributed by atoms with Gasteiger partial charge in [-0.15, -0.1) is 0 Å². The molecule has 2 N–H and O–H groups in total. The average molecular weight is 293 g/mol. The van der Waals surface area contributed by atoms with Crippen molar-refractivity contribution in [3.63, 3.8) is 0 Å². The zero-order valence-corrected chi connectivity index (χ0v) is 10.7. The zero-order valence-electron chi connectivity index (χ0n) is 10.7. The number of aliphatic hydroxyl groups is 1. The average Bonchev–Trinajstić information content (AvgIpc) is 2.83. The lowest BCUT2D eigenvalue weighted by atomic mass is 9.98. The van der Waals surface area contributed by atoms with Gasteiger partial charge in [0.25, 0.3) is 0 Å². The van der Waals surface area contributed by atoms with Crippen molar-refractivity contribution in [1.82, 2.24) is 0 Å². The van der Waals surface area contributed by atoms with Gasteiger partial charge in [-0.05, 0) is 23.3 Å². The van der Waals surface area contributed by atoms with E-state index < -0.39 is 23.6 Å². The molecule has 108 valence electrons. The van der Waals surface area contributed by atoms with Crippen LogP contribution in [0, 0.1) is 17.5 Å². The summed E-state index contributed by atoms with van der Waals surface area (Å²) >= 11 is 0. The summed E-state index contributed by atoms with van der Waals surface area (Å²) in [5, 5.41) is 12.8. The van der Waals surface area contributed by atoms with E-state index in [1.54, 1.807) is 12.1 Å². The number of halogens is 3. The molecule has 21 heavy (non-hydrogen) atoms. The van der Waals surface area contributed by atoms with Crippen molar-refractivity contribution in [2.24, 2.45) is 0 Å². The van der Waals surface area contributed by atoms with Gasteiger partial charge in [-0.1, -0.05) is 18.2 Å². The number of rotatable bonds is 2. The quantitative estimate of drug-likeness (QED) is 0.836. The Hall–Kier alpha value is -2.34. The highest BCUT2D eigenvalue weighted by molar-refractivity contribution is 5.99. The van der Waals surface area contributed by atoms with Crippen LogP contribution in [-0.4, -0.2) is 11.0 Å². The maximum absolute atomic E-state index is 13.7. The third-order valence-corrected chi connectivity index (χ3v) is 3.43. The molecule has 1 aliphatic heterocycles. The van der Waals surface area contributed by atoms with E-state index in [0.717, 1.165) is 12.1 Å². The van der Waals surface area contributed by atoms with E-state index in [1.165, 1.54) is 6.07 Å². The fraction of sp³-hybridized carbons (Fsp3) is 0.133. The fourth-order valence-corrected chi connectivity index (χ4v) is 2.35. The minimum Gasteiger partial charge on any atom is -0.384 e. The highest BCUT2D eigenvalue weighted by Gasteiger charge is 2.23. The Balaban J connectivity index is 2.00. The second-order valence-electron chi connectivity index (χ2n) is 4.81. The second kappa shape index (κ2) is 4.89. The van der Waals surface area contributed by atoms with Crippen LogP contribution in [0.3, 0.4) is 0 Å². The maximum Gasteiger partial charge on any atom is 0.228 e. The Morgan fingerprint density at radius 3 is 2.62 bits per heavy atom. The van der Waals surface area contributed by atoms with E-state index in [0.29, 0.717) is 16.8 Å². The Morgan fingerprint density at radius 2 is 1.86 bits per heavy atom. The molecule has 0 fully saturated rings. The number of hydrogen-bond acceptors (Lipinski definition) is 2. The number of amides is 1. The molecule has 3 nitrogen and oxygen atoms in total. The molecule has 0 saturated carbocycles. The van der Waals surface area contributed by atoms with Crippen LogP contribution in [0.2, 0.25) is 0 Å². The summed E-state index contributed by atoms with van der Waals surface area (Å²) in [5.41, 5.74) is 1.24. The predicted octanol–water partition coefficient (Wildman–Crippen LogP) is 2.68. The number of aliphatic hydroxyl groups excluding tert-OH is 1. The standard InChI is InChI=1S/C15H10F3NO2/c16-10-3-2-9(13(17)14(10)18)15(21)7-1-4-11-8(5-7)6-12(20)19-11/h1-5,15,21H,6H2,(H,19,20). The van der Waals surface area contributed by atoms with Crippen molar-refractivity contribution in [1.29, 1.82) is 0 Å². The molecule has 0 spiro atoms. The predicted molar refractivity (Wildman–Crippen MR) is 69.2 cm³/mol. The van der Waals surface area contributed by atoms with Gasteiger partial charge in [0, 0.05) is 11.3 Å². The first-order chi connectivity index (χ1) is 9.97. The van der Waals surface area contributed by atoms with Gasteiger partial charge in [-0.25, -0.2) is 13.2 Å². The number of carbonyl (C=O) groups is 1. The molecular formula is C15H10F3NO2. The molecule has 6 heteroatoms. The number of benzene rings is 2. The zero-order chi connectivity index (χ0) is 15.1. The van der Waals surface area contributed by atoms with Crippen molar-refractivity contribution < 1.29 is 23.1 Å². The van der Waals surface area contributed by atoms with Gasteiger partial charge in [0.2, 0.25) is 5.91 Å². The summed E-state index contributed by atoms with van der Waals surface area (Å²) < 4.78 is 39.8. The lowest BCUT2D eigenvalue weighted by molar-refractivity contribution is -0.115. The Labute approximate surface area is 118 Å². The van der Waals surface area contributed by atoms with Crippen molar-refractivity contribution in [2.45, 2.75) is 12.5 Å². The van der Waals surface area contributed by atoms with Gasteiger partial charge in [-0.3, -0.25) is 4.79 Å². The molecule has 0 aromatic heterocycles. The number of carbonyl (C=O) groups excluding carboxylic acids is 1. The van der Waals surface area contributed by atoms with Gasteiger partial charge in [-0.2, -0.15) is 0 Å². The molecule has 1 heterocycles. The second-order valence-corrected chi connectivity index (χ2v) is 4.81. The minimum absolute atomic E-state index is 0.163. The monoisotopic (exact) mass is 293 g/mol. The van der Waals surface area contributed by atoms with E-state index in [9.17, 15) is 23.1 Å². The third kappa shape index (κ3) is 2.27. The van der Waals surface area contributed by atoms with Crippen LogP contribution < -0.4 is 5.32 Å². The molecule has 0 saturated heterocycles. The van der Waals surface area contributed by atoms with Gasteiger partial charge < -0.3 is 10.4 Å². The summed E-state index contributed by atoms with van der Waals surface area (Å²) in [5.74, 6) is -4.52. The van der Waals surface area contributed by atoms with Crippen LogP contribution in [0.15, 0.2) is 30.3 Å². The van der Waals surface area contributed by atoms with Gasteiger partial charge >= 0.3 is 0 Å². The smallest absolute Gasteiger partial charge is 0.228 e. The van der Waals surface area contributed by atoms with Crippen LogP contribution in [0.5, 0.6) is 0 Å². The Morgan fingerprint density at radius 1 is 1.10 bits per heavy atom. The minimum atomic E-state index is -1.62. The summed E-state index contributed by atoms with van der Waals surface area (Å²) in [4.78, 5) is 11.3. The Kier molecular flexibility index (Phi) is 3.17. The molecular weight excluding hydrogens is 283 g/mol. The van der Waals surface area contributed by atoms with E-state index in [1.807, 2.05) is 0 Å². The molecule has 1 aliphatic rings. The van der Waals surface area contributed by atoms with Gasteiger partial charge in [0.15, 0.2) is 17.5 Å². The van der Waals surface area contributed by atoms with E-state index in [-0.39, 0.29) is 17.9 Å². The molecule has 0 aliphatic carbocycles.